The first kappa shape index (κ1) is 9.22. The molecule has 0 radical (unpaired) electrons. The second-order valence-corrected chi connectivity index (χ2v) is 2.91. The molecule has 0 bridgehead atoms. The fourth-order valence-corrected chi connectivity index (χ4v) is 0.816. The van der Waals surface area contributed by atoms with Crippen LogP contribution in [0.15, 0.2) is 10.8 Å². The first-order valence-corrected chi connectivity index (χ1v) is 3.98. The summed E-state index contributed by atoms with van der Waals surface area (Å²) in [4.78, 5) is 0. The quantitative estimate of drug-likeness (QED) is 0.689. The van der Waals surface area contributed by atoms with Crippen LogP contribution in [0.5, 0.6) is 0 Å². The van der Waals surface area contributed by atoms with Crippen molar-refractivity contribution in [3.63, 3.8) is 0 Å². The van der Waals surface area contributed by atoms with Crippen LogP contribution in [0.3, 0.4) is 0 Å². The second-order valence-electron chi connectivity index (χ2n) is 2.91. The van der Waals surface area contributed by atoms with E-state index in [0.29, 0.717) is 6.54 Å². The molecular weight excluding hydrogens is 156 g/mol. The maximum atomic E-state index is 8.73. The van der Waals surface area contributed by atoms with Crippen molar-refractivity contribution >= 4 is 0 Å². The third-order valence-electron chi connectivity index (χ3n) is 1.74. The lowest BCUT2D eigenvalue weighted by Gasteiger charge is -2.08. The van der Waals surface area contributed by atoms with E-state index in [4.69, 9.17) is 9.63 Å². The van der Waals surface area contributed by atoms with E-state index in [1.54, 1.807) is 6.26 Å². The number of hydrogen-bond acceptors (Lipinski definition) is 4. The standard InChI is InChI=1S/C8H14N2O2/c1-6-5-12-10-8(6)3-9-7(2)4-11/h5,7,9,11H,3-4H2,1-2H3. The third kappa shape index (κ3) is 2.32. The van der Waals surface area contributed by atoms with Crippen LogP contribution >= 0.6 is 0 Å². The zero-order valence-corrected chi connectivity index (χ0v) is 7.37. The average Bonchev–Trinajstić information content (AvgIpc) is 2.47. The molecule has 2 N–H and O–H groups in total. The molecule has 1 atom stereocenters. The van der Waals surface area contributed by atoms with Crippen molar-refractivity contribution in [2.45, 2.75) is 26.4 Å². The number of rotatable bonds is 4. The van der Waals surface area contributed by atoms with Gasteiger partial charge in [0.2, 0.25) is 0 Å². The lowest BCUT2D eigenvalue weighted by Crippen LogP contribution is -2.28. The van der Waals surface area contributed by atoms with Gasteiger partial charge >= 0.3 is 0 Å². The van der Waals surface area contributed by atoms with Crippen LogP contribution in [0.25, 0.3) is 0 Å². The molecule has 0 aliphatic carbocycles. The number of hydrogen-bond donors (Lipinski definition) is 2. The smallest absolute Gasteiger partial charge is 0.127 e. The van der Waals surface area contributed by atoms with E-state index in [1.165, 1.54) is 0 Å². The fraction of sp³-hybridized carbons (Fsp3) is 0.625. The van der Waals surface area contributed by atoms with Gasteiger partial charge in [-0.3, -0.25) is 0 Å². The summed E-state index contributed by atoms with van der Waals surface area (Å²) in [5, 5.41) is 15.6. The van der Waals surface area contributed by atoms with E-state index in [0.717, 1.165) is 11.3 Å². The minimum absolute atomic E-state index is 0.0982. The molecule has 1 unspecified atom stereocenters. The molecule has 1 heterocycles. The number of aromatic nitrogens is 1. The fourth-order valence-electron chi connectivity index (χ4n) is 0.816. The molecule has 1 aromatic heterocycles. The molecular formula is C8H14N2O2. The van der Waals surface area contributed by atoms with E-state index in [2.05, 4.69) is 10.5 Å². The number of aryl methyl sites for hydroxylation is 1. The highest BCUT2D eigenvalue weighted by atomic mass is 16.5. The molecule has 0 amide bonds. The molecule has 1 aromatic rings. The van der Waals surface area contributed by atoms with Crippen LogP contribution in [0.1, 0.15) is 18.2 Å². The predicted octanol–water partition coefficient (Wildman–Crippen LogP) is 0.453. The number of nitrogens with zero attached hydrogens (tertiary/aromatic N) is 1. The van der Waals surface area contributed by atoms with E-state index in [-0.39, 0.29) is 12.6 Å². The average molecular weight is 170 g/mol. The van der Waals surface area contributed by atoms with E-state index >= 15 is 0 Å². The van der Waals surface area contributed by atoms with Crippen LogP contribution in [-0.2, 0) is 6.54 Å². The molecule has 0 aromatic carbocycles. The highest BCUT2D eigenvalue weighted by molar-refractivity contribution is 5.11. The summed E-state index contributed by atoms with van der Waals surface area (Å²) in [5.41, 5.74) is 1.93. The predicted molar refractivity (Wildman–Crippen MR) is 44.6 cm³/mol. The molecule has 0 aliphatic rings. The van der Waals surface area contributed by atoms with Crippen molar-refractivity contribution in [2.24, 2.45) is 0 Å². The van der Waals surface area contributed by atoms with Crippen LogP contribution < -0.4 is 5.32 Å². The Kier molecular flexibility index (Phi) is 3.25. The topological polar surface area (TPSA) is 58.3 Å². The van der Waals surface area contributed by atoms with Gasteiger partial charge in [-0.15, -0.1) is 0 Å². The summed E-state index contributed by atoms with van der Waals surface area (Å²) in [5.74, 6) is 0. The number of aliphatic hydroxyl groups is 1. The molecule has 4 nitrogen and oxygen atoms in total. The van der Waals surface area contributed by atoms with E-state index in [9.17, 15) is 0 Å². The van der Waals surface area contributed by atoms with Gasteiger partial charge in [-0.05, 0) is 13.8 Å². The minimum atomic E-state index is 0.0982. The molecule has 68 valence electrons. The Bertz CT molecular complexity index is 235. The van der Waals surface area contributed by atoms with Crippen molar-refractivity contribution in [1.29, 1.82) is 0 Å². The molecule has 0 saturated heterocycles. The highest BCUT2D eigenvalue weighted by Crippen LogP contribution is 2.03. The first-order valence-electron chi connectivity index (χ1n) is 3.98. The lowest BCUT2D eigenvalue weighted by atomic mass is 10.2. The monoisotopic (exact) mass is 170 g/mol. The zero-order valence-electron chi connectivity index (χ0n) is 7.37. The van der Waals surface area contributed by atoms with Crippen molar-refractivity contribution in [1.82, 2.24) is 10.5 Å². The van der Waals surface area contributed by atoms with Crippen molar-refractivity contribution in [3.8, 4) is 0 Å². The van der Waals surface area contributed by atoms with Gasteiger partial charge in [0.05, 0.1) is 6.61 Å². The summed E-state index contributed by atoms with van der Waals surface area (Å²) in [7, 11) is 0. The van der Waals surface area contributed by atoms with E-state index < -0.39 is 0 Å². The second kappa shape index (κ2) is 4.23. The van der Waals surface area contributed by atoms with Gasteiger partial charge in [0.15, 0.2) is 0 Å². The summed E-state index contributed by atoms with van der Waals surface area (Å²) >= 11 is 0. The van der Waals surface area contributed by atoms with E-state index in [1.807, 2.05) is 13.8 Å². The molecule has 0 spiro atoms. The molecule has 0 fully saturated rings. The third-order valence-corrected chi connectivity index (χ3v) is 1.74. The number of nitrogens with one attached hydrogen (secondary N) is 1. The maximum absolute atomic E-state index is 8.73. The van der Waals surface area contributed by atoms with Crippen LogP contribution in [0.4, 0.5) is 0 Å². The van der Waals surface area contributed by atoms with Crippen molar-refractivity contribution in [2.75, 3.05) is 6.61 Å². The Labute approximate surface area is 71.6 Å². The van der Waals surface area contributed by atoms with Gasteiger partial charge in [-0.25, -0.2) is 0 Å². The van der Waals surface area contributed by atoms with Gasteiger partial charge in [-0.2, -0.15) is 0 Å². The number of aliphatic hydroxyl groups excluding tert-OH is 1. The molecule has 1 rings (SSSR count). The van der Waals surface area contributed by atoms with Crippen LogP contribution in [0, 0.1) is 6.92 Å². The SMILES string of the molecule is Cc1conc1CNC(C)CO. The Morgan fingerprint density at radius 3 is 3.00 bits per heavy atom. The molecule has 0 saturated carbocycles. The van der Waals surface area contributed by atoms with Crippen molar-refractivity contribution < 1.29 is 9.63 Å². The minimum Gasteiger partial charge on any atom is -0.395 e. The summed E-state index contributed by atoms with van der Waals surface area (Å²) in [6, 6.07) is 0.0982. The molecule has 12 heavy (non-hydrogen) atoms. The largest absolute Gasteiger partial charge is 0.395 e. The van der Waals surface area contributed by atoms with Gasteiger partial charge in [-0.1, -0.05) is 5.16 Å². The molecule has 0 aliphatic heterocycles. The maximum Gasteiger partial charge on any atom is 0.127 e. The van der Waals surface area contributed by atoms with Gasteiger partial charge in [0.1, 0.15) is 12.0 Å². The summed E-state index contributed by atoms with van der Waals surface area (Å²) < 4.78 is 4.76. The van der Waals surface area contributed by atoms with Crippen LogP contribution in [-0.4, -0.2) is 22.9 Å². The summed E-state index contributed by atoms with van der Waals surface area (Å²) in [6.07, 6.45) is 1.61. The van der Waals surface area contributed by atoms with Crippen molar-refractivity contribution in [3.05, 3.63) is 17.5 Å². The Hall–Kier alpha value is -0.870. The van der Waals surface area contributed by atoms with Crippen LogP contribution in [0.2, 0.25) is 0 Å². The zero-order chi connectivity index (χ0) is 8.97. The summed E-state index contributed by atoms with van der Waals surface area (Å²) in [6.45, 7) is 4.63. The van der Waals surface area contributed by atoms with Gasteiger partial charge in [0, 0.05) is 18.2 Å². The van der Waals surface area contributed by atoms with Gasteiger partial charge < -0.3 is 14.9 Å². The Morgan fingerprint density at radius 1 is 1.75 bits per heavy atom. The lowest BCUT2D eigenvalue weighted by molar-refractivity contribution is 0.250. The molecule has 4 heteroatoms. The highest BCUT2D eigenvalue weighted by Gasteiger charge is 2.04. The normalized spacial score (nSPS) is 13.2. The Morgan fingerprint density at radius 2 is 2.50 bits per heavy atom. The first-order chi connectivity index (χ1) is 5.74. The Balaban J connectivity index is 2.38. The van der Waals surface area contributed by atoms with Gasteiger partial charge in [0.25, 0.3) is 0 Å².